The maximum atomic E-state index is 12.5. The molecule has 0 atom stereocenters. The van der Waals surface area contributed by atoms with Gasteiger partial charge in [-0.1, -0.05) is 30.3 Å². The summed E-state index contributed by atoms with van der Waals surface area (Å²) in [6, 6.07) is 20.4. The number of benzene rings is 2. The summed E-state index contributed by atoms with van der Waals surface area (Å²) in [4.78, 5) is 16.4. The van der Waals surface area contributed by atoms with Crippen LogP contribution >= 0.6 is 0 Å². The van der Waals surface area contributed by atoms with Gasteiger partial charge in [-0.3, -0.25) is 4.79 Å². The Kier molecular flexibility index (Phi) is 6.47. The fourth-order valence-corrected chi connectivity index (χ4v) is 3.30. The fraction of sp³-hybridized carbons (Fsp3) is 0.261. The molecule has 0 saturated carbocycles. The molecular weight excluding hydrogens is 396 g/mol. The lowest BCUT2D eigenvalue weighted by Gasteiger charge is -2.35. The number of amides is 1. The van der Waals surface area contributed by atoms with Crippen molar-refractivity contribution >= 4 is 11.7 Å². The Morgan fingerprint density at radius 3 is 2.26 bits per heavy atom. The monoisotopic (exact) mass is 420 g/mol. The molecule has 1 amide bonds. The molecule has 31 heavy (non-hydrogen) atoms. The predicted octanol–water partition coefficient (Wildman–Crippen LogP) is 3.01. The number of ether oxygens (including phenoxy) is 3. The number of hydrogen-bond donors (Lipinski definition) is 0. The molecule has 1 saturated heterocycles. The van der Waals surface area contributed by atoms with Gasteiger partial charge in [-0.05, 0) is 30.3 Å². The molecule has 8 heteroatoms. The zero-order valence-corrected chi connectivity index (χ0v) is 17.3. The number of hydrogen-bond acceptors (Lipinski definition) is 7. The van der Waals surface area contributed by atoms with E-state index in [2.05, 4.69) is 15.1 Å². The first kappa shape index (κ1) is 20.5. The van der Waals surface area contributed by atoms with Crippen LogP contribution in [0.15, 0.2) is 66.7 Å². The normalized spacial score (nSPS) is 13.6. The van der Waals surface area contributed by atoms with E-state index in [1.54, 1.807) is 30.2 Å². The van der Waals surface area contributed by atoms with E-state index in [0.29, 0.717) is 49.3 Å². The van der Waals surface area contributed by atoms with Crippen LogP contribution in [0.5, 0.6) is 23.1 Å². The summed E-state index contributed by atoms with van der Waals surface area (Å²) in [5.41, 5.74) is 0. The van der Waals surface area contributed by atoms with Crippen LogP contribution in [0.1, 0.15) is 0 Å². The Morgan fingerprint density at radius 2 is 1.58 bits per heavy atom. The third-order valence-electron chi connectivity index (χ3n) is 4.97. The van der Waals surface area contributed by atoms with E-state index < -0.39 is 0 Å². The van der Waals surface area contributed by atoms with Crippen LogP contribution in [-0.4, -0.2) is 60.9 Å². The zero-order chi connectivity index (χ0) is 21.5. The van der Waals surface area contributed by atoms with Crippen molar-refractivity contribution in [2.24, 2.45) is 0 Å². The van der Waals surface area contributed by atoms with Crippen LogP contribution in [0.3, 0.4) is 0 Å². The highest BCUT2D eigenvalue weighted by Gasteiger charge is 2.23. The number of methoxy groups -OCH3 is 1. The van der Waals surface area contributed by atoms with Crippen LogP contribution in [-0.2, 0) is 4.79 Å². The molecule has 1 aromatic heterocycles. The molecule has 1 aliphatic rings. The summed E-state index contributed by atoms with van der Waals surface area (Å²) in [6.07, 6.45) is 0. The maximum Gasteiger partial charge on any atom is 0.260 e. The summed E-state index contributed by atoms with van der Waals surface area (Å²) >= 11 is 0. The second-order valence-electron chi connectivity index (χ2n) is 6.95. The minimum Gasteiger partial charge on any atom is -0.493 e. The van der Waals surface area contributed by atoms with Gasteiger partial charge >= 0.3 is 0 Å². The van der Waals surface area contributed by atoms with Gasteiger partial charge in [-0.2, -0.15) is 0 Å². The largest absolute Gasteiger partial charge is 0.493 e. The lowest BCUT2D eigenvalue weighted by atomic mass is 10.3. The summed E-state index contributed by atoms with van der Waals surface area (Å²) < 4.78 is 16.6. The van der Waals surface area contributed by atoms with Crippen LogP contribution in [0.2, 0.25) is 0 Å². The number of aromatic nitrogens is 2. The number of carbonyl (C=O) groups is 1. The molecule has 0 unspecified atom stereocenters. The third-order valence-corrected chi connectivity index (χ3v) is 4.97. The number of piperazine rings is 1. The highest BCUT2D eigenvalue weighted by atomic mass is 16.5. The fourth-order valence-electron chi connectivity index (χ4n) is 3.30. The molecule has 1 fully saturated rings. The minimum absolute atomic E-state index is 0.0221. The van der Waals surface area contributed by atoms with Crippen molar-refractivity contribution in [2.75, 3.05) is 44.8 Å². The Hall–Kier alpha value is -3.81. The second-order valence-corrected chi connectivity index (χ2v) is 6.95. The van der Waals surface area contributed by atoms with Crippen molar-refractivity contribution in [3.63, 3.8) is 0 Å². The van der Waals surface area contributed by atoms with Crippen LogP contribution in [0.25, 0.3) is 0 Å². The van der Waals surface area contributed by atoms with Crippen molar-refractivity contribution in [2.45, 2.75) is 0 Å². The number of para-hydroxylation sites is 3. The van der Waals surface area contributed by atoms with Crippen molar-refractivity contribution in [3.05, 3.63) is 66.7 Å². The topological polar surface area (TPSA) is 77.0 Å². The van der Waals surface area contributed by atoms with E-state index >= 15 is 0 Å². The van der Waals surface area contributed by atoms with E-state index in [0.717, 1.165) is 5.82 Å². The smallest absolute Gasteiger partial charge is 0.260 e. The van der Waals surface area contributed by atoms with Crippen LogP contribution < -0.4 is 19.1 Å². The molecule has 0 N–H and O–H groups in total. The van der Waals surface area contributed by atoms with Crippen molar-refractivity contribution in [1.82, 2.24) is 15.1 Å². The lowest BCUT2D eigenvalue weighted by molar-refractivity contribution is -0.133. The molecule has 8 nitrogen and oxygen atoms in total. The molecule has 0 radical (unpaired) electrons. The van der Waals surface area contributed by atoms with Crippen LogP contribution in [0.4, 0.5) is 5.82 Å². The zero-order valence-electron chi connectivity index (χ0n) is 17.3. The molecule has 0 spiro atoms. The Balaban J connectivity index is 1.26. The van der Waals surface area contributed by atoms with Gasteiger partial charge in [-0.25, -0.2) is 0 Å². The molecule has 0 aliphatic carbocycles. The van der Waals surface area contributed by atoms with E-state index in [-0.39, 0.29) is 12.5 Å². The van der Waals surface area contributed by atoms with E-state index in [1.165, 1.54) is 0 Å². The summed E-state index contributed by atoms with van der Waals surface area (Å²) in [6.45, 7) is 2.52. The first-order chi connectivity index (χ1) is 15.2. The average molecular weight is 420 g/mol. The summed E-state index contributed by atoms with van der Waals surface area (Å²) in [5.74, 6) is 3.04. The van der Waals surface area contributed by atoms with Gasteiger partial charge in [0.1, 0.15) is 5.75 Å². The quantitative estimate of drug-likeness (QED) is 0.581. The SMILES string of the molecule is COc1ccccc1OCC(=O)N1CCN(c2ccc(Oc3ccccc3)nn2)CC1. The van der Waals surface area contributed by atoms with Crippen molar-refractivity contribution in [3.8, 4) is 23.1 Å². The van der Waals surface area contributed by atoms with E-state index in [4.69, 9.17) is 14.2 Å². The Labute approximate surface area is 181 Å². The van der Waals surface area contributed by atoms with E-state index in [9.17, 15) is 4.79 Å². The summed E-state index contributed by atoms with van der Waals surface area (Å²) in [5, 5.41) is 8.43. The van der Waals surface area contributed by atoms with Crippen LogP contribution in [0, 0.1) is 0 Å². The summed E-state index contributed by atoms with van der Waals surface area (Å²) in [7, 11) is 1.58. The number of anilines is 1. The molecule has 2 heterocycles. The van der Waals surface area contributed by atoms with Gasteiger partial charge in [0.15, 0.2) is 23.9 Å². The van der Waals surface area contributed by atoms with Gasteiger partial charge in [0.25, 0.3) is 5.91 Å². The van der Waals surface area contributed by atoms with Gasteiger partial charge < -0.3 is 24.0 Å². The van der Waals surface area contributed by atoms with Gasteiger partial charge in [-0.15, -0.1) is 10.2 Å². The molecular formula is C23H24N4O4. The highest BCUT2D eigenvalue weighted by molar-refractivity contribution is 5.78. The predicted molar refractivity (Wildman–Crippen MR) is 116 cm³/mol. The minimum atomic E-state index is -0.0525. The Morgan fingerprint density at radius 1 is 0.871 bits per heavy atom. The second kappa shape index (κ2) is 9.80. The van der Waals surface area contributed by atoms with Gasteiger partial charge in [0.2, 0.25) is 5.88 Å². The number of carbonyl (C=O) groups excluding carboxylic acids is 1. The third kappa shape index (κ3) is 5.22. The van der Waals surface area contributed by atoms with Gasteiger partial charge in [0, 0.05) is 32.2 Å². The maximum absolute atomic E-state index is 12.5. The molecule has 160 valence electrons. The highest BCUT2D eigenvalue weighted by Crippen LogP contribution is 2.26. The van der Waals surface area contributed by atoms with Crippen molar-refractivity contribution in [1.29, 1.82) is 0 Å². The van der Waals surface area contributed by atoms with Gasteiger partial charge in [0.05, 0.1) is 7.11 Å². The lowest BCUT2D eigenvalue weighted by Crippen LogP contribution is -2.50. The first-order valence-corrected chi connectivity index (χ1v) is 10.1. The Bertz CT molecular complexity index is 990. The van der Waals surface area contributed by atoms with Crippen molar-refractivity contribution < 1.29 is 19.0 Å². The standard InChI is InChI=1S/C23H24N4O4/c1-29-19-9-5-6-10-20(19)30-17-23(28)27-15-13-26(14-16-27)21-11-12-22(25-24-21)31-18-7-3-2-4-8-18/h2-12H,13-17H2,1H3. The first-order valence-electron chi connectivity index (χ1n) is 10.1. The molecule has 4 rings (SSSR count). The molecule has 3 aromatic rings. The molecule has 1 aliphatic heterocycles. The molecule has 2 aromatic carbocycles. The number of rotatable bonds is 7. The number of nitrogens with zero attached hydrogens (tertiary/aromatic N) is 4. The molecule has 0 bridgehead atoms. The average Bonchev–Trinajstić information content (AvgIpc) is 2.84. The van der Waals surface area contributed by atoms with E-state index in [1.807, 2.05) is 48.5 Å².